The number of nitrogens with zero attached hydrogens (tertiary/aromatic N) is 1. The van der Waals surface area contributed by atoms with E-state index in [4.69, 9.17) is 24.8 Å². The molecular formula is C23H46CuNS2. The predicted octanol–water partition coefficient (Wildman–Crippen LogP) is 8.18. The van der Waals surface area contributed by atoms with Gasteiger partial charge in [-0.15, -0.1) is 0 Å². The van der Waals surface area contributed by atoms with Gasteiger partial charge in [0.05, 0.1) is 0 Å². The van der Waals surface area contributed by atoms with Gasteiger partial charge >= 0.3 is 17.1 Å². The summed E-state index contributed by atoms with van der Waals surface area (Å²) >= 11 is 10.6. The van der Waals surface area contributed by atoms with Crippen LogP contribution in [-0.2, 0) is 29.7 Å². The molecule has 0 radical (unpaired) electrons. The van der Waals surface area contributed by atoms with E-state index in [1.807, 2.05) is 0 Å². The van der Waals surface area contributed by atoms with Crippen molar-refractivity contribution in [2.24, 2.45) is 0 Å². The molecule has 0 N–H and O–H groups in total. The quantitative estimate of drug-likeness (QED) is 0.0774. The van der Waals surface area contributed by atoms with Gasteiger partial charge in [0.2, 0.25) is 0 Å². The van der Waals surface area contributed by atoms with Crippen molar-refractivity contribution in [3.8, 4) is 0 Å². The van der Waals surface area contributed by atoms with E-state index in [9.17, 15) is 0 Å². The Labute approximate surface area is 193 Å². The van der Waals surface area contributed by atoms with Crippen molar-refractivity contribution in [2.75, 3.05) is 13.1 Å². The van der Waals surface area contributed by atoms with Gasteiger partial charge in [-0.05, 0) is 12.8 Å². The first-order valence-corrected chi connectivity index (χ1v) is 12.5. The van der Waals surface area contributed by atoms with Crippen molar-refractivity contribution in [2.45, 2.75) is 129 Å². The molecule has 0 spiro atoms. The molecule has 0 aromatic rings. The van der Waals surface area contributed by atoms with Gasteiger partial charge in [0.25, 0.3) is 0 Å². The Morgan fingerprint density at radius 1 is 0.556 bits per heavy atom. The van der Waals surface area contributed by atoms with Crippen LogP contribution in [0.2, 0.25) is 0 Å². The maximum absolute atomic E-state index is 5.28. The molecule has 0 heterocycles. The summed E-state index contributed by atoms with van der Waals surface area (Å²) in [6, 6.07) is 0. The molecule has 0 atom stereocenters. The Balaban J connectivity index is 0. The first kappa shape index (κ1) is 29.8. The fourth-order valence-corrected chi connectivity index (χ4v) is 3.89. The molecule has 0 amide bonds. The normalized spacial score (nSPS) is 10.6. The van der Waals surface area contributed by atoms with Crippen molar-refractivity contribution in [3.63, 3.8) is 0 Å². The number of rotatable bonds is 20. The zero-order valence-electron chi connectivity index (χ0n) is 18.2. The number of unbranched alkanes of at least 4 members (excludes halogenated alkanes) is 16. The Kier molecular flexibility index (Phi) is 27.3. The van der Waals surface area contributed by atoms with Crippen molar-refractivity contribution in [1.82, 2.24) is 4.90 Å². The number of hydrogen-bond donors (Lipinski definition) is 0. The molecule has 0 saturated carbocycles. The summed E-state index contributed by atoms with van der Waals surface area (Å²) in [5, 5.41) is 0. The van der Waals surface area contributed by atoms with Crippen LogP contribution >= 0.6 is 12.2 Å². The summed E-state index contributed by atoms with van der Waals surface area (Å²) in [6.45, 7) is 6.72. The second-order valence-corrected chi connectivity index (χ2v) is 8.94. The molecule has 0 aromatic carbocycles. The van der Waals surface area contributed by atoms with Crippen LogP contribution in [0.3, 0.4) is 0 Å². The van der Waals surface area contributed by atoms with Gasteiger partial charge in [-0.25, -0.2) is 0 Å². The fraction of sp³-hybridized carbons (Fsp3) is 0.957. The van der Waals surface area contributed by atoms with Gasteiger partial charge < -0.3 is 29.7 Å². The van der Waals surface area contributed by atoms with Crippen LogP contribution in [0.1, 0.15) is 129 Å². The summed E-state index contributed by atoms with van der Waals surface area (Å²) in [6.07, 6.45) is 24.8. The second kappa shape index (κ2) is 24.7. The van der Waals surface area contributed by atoms with Crippen molar-refractivity contribution in [1.29, 1.82) is 0 Å². The Morgan fingerprint density at radius 3 is 1.07 bits per heavy atom. The molecule has 166 valence electrons. The third-order valence-electron chi connectivity index (χ3n) is 5.32. The average Bonchev–Trinajstić information content (AvgIpc) is 2.63. The van der Waals surface area contributed by atoms with Crippen LogP contribution in [-0.4, -0.2) is 22.3 Å². The van der Waals surface area contributed by atoms with Crippen LogP contribution in [0, 0.1) is 0 Å². The third-order valence-corrected chi connectivity index (χ3v) is 5.84. The van der Waals surface area contributed by atoms with E-state index in [1.165, 1.54) is 116 Å². The summed E-state index contributed by atoms with van der Waals surface area (Å²) < 4.78 is 0.684. The van der Waals surface area contributed by atoms with Crippen molar-refractivity contribution in [3.05, 3.63) is 0 Å². The second-order valence-electron chi connectivity index (χ2n) is 7.91. The monoisotopic (exact) mass is 463 g/mol. The van der Waals surface area contributed by atoms with Gasteiger partial charge in [0.15, 0.2) is 0 Å². The van der Waals surface area contributed by atoms with Crippen molar-refractivity contribution < 1.29 is 17.1 Å². The van der Waals surface area contributed by atoms with E-state index in [0.717, 1.165) is 13.1 Å². The standard InChI is InChI=1S/C23H47NS2.Cu/c1-3-5-7-9-11-13-15-17-19-21-24(23(25)26)22-20-18-16-14-12-10-8-6-4-2;/h3-22H2,1-2H3,(H,25,26);/q;+1/p-1. The van der Waals surface area contributed by atoms with Gasteiger partial charge in [-0.3, -0.25) is 0 Å². The molecule has 0 saturated heterocycles. The summed E-state index contributed by atoms with van der Waals surface area (Å²) in [5.74, 6) is 0. The van der Waals surface area contributed by atoms with Crippen LogP contribution in [0.25, 0.3) is 0 Å². The molecule has 0 unspecified atom stereocenters. The largest absolute Gasteiger partial charge is 1.00 e. The maximum Gasteiger partial charge on any atom is 1.00 e. The summed E-state index contributed by atoms with van der Waals surface area (Å²) in [4.78, 5) is 2.27. The SMILES string of the molecule is CCCCCCCCCCCN(CCCCCCCCCCC)C(=S)[S-].[Cu+]. The van der Waals surface area contributed by atoms with Crippen LogP contribution in [0.4, 0.5) is 0 Å². The van der Waals surface area contributed by atoms with Gasteiger partial charge in [0, 0.05) is 13.1 Å². The Hall–Kier alpha value is 0.629. The van der Waals surface area contributed by atoms with E-state index in [0.29, 0.717) is 4.32 Å². The molecule has 0 aliphatic rings. The average molecular weight is 464 g/mol. The topological polar surface area (TPSA) is 3.24 Å². The van der Waals surface area contributed by atoms with Gasteiger partial charge in [0.1, 0.15) is 0 Å². The smallest absolute Gasteiger partial charge is 0.411 e. The van der Waals surface area contributed by atoms with E-state index in [2.05, 4.69) is 18.7 Å². The van der Waals surface area contributed by atoms with Crippen LogP contribution in [0.15, 0.2) is 0 Å². The zero-order valence-corrected chi connectivity index (χ0v) is 20.8. The maximum atomic E-state index is 5.28. The number of thiocarbonyl (C=S) groups is 1. The van der Waals surface area contributed by atoms with E-state index in [-0.39, 0.29) is 17.1 Å². The molecule has 0 rings (SSSR count). The summed E-state index contributed by atoms with van der Waals surface area (Å²) in [7, 11) is 0. The Morgan fingerprint density at radius 2 is 0.815 bits per heavy atom. The van der Waals surface area contributed by atoms with Crippen molar-refractivity contribution >= 4 is 29.2 Å². The first-order valence-electron chi connectivity index (χ1n) is 11.7. The molecule has 0 aromatic heterocycles. The Bertz CT molecular complexity index is 278. The van der Waals surface area contributed by atoms with E-state index >= 15 is 0 Å². The van der Waals surface area contributed by atoms with Crippen LogP contribution in [0.5, 0.6) is 0 Å². The molecule has 1 nitrogen and oxygen atoms in total. The first-order chi connectivity index (χ1) is 12.7. The van der Waals surface area contributed by atoms with E-state index < -0.39 is 0 Å². The number of hydrogen-bond acceptors (Lipinski definition) is 2. The third kappa shape index (κ3) is 22.8. The predicted molar refractivity (Wildman–Crippen MR) is 126 cm³/mol. The fourth-order valence-electron chi connectivity index (χ4n) is 3.52. The van der Waals surface area contributed by atoms with Gasteiger partial charge in [-0.1, -0.05) is 121 Å². The molecule has 27 heavy (non-hydrogen) atoms. The molecule has 0 bridgehead atoms. The molecule has 4 heteroatoms. The molecule has 0 aliphatic carbocycles. The van der Waals surface area contributed by atoms with Gasteiger partial charge in [-0.2, -0.15) is 0 Å². The molecule has 0 fully saturated rings. The summed E-state index contributed by atoms with van der Waals surface area (Å²) in [5.41, 5.74) is 0. The zero-order chi connectivity index (χ0) is 19.3. The minimum Gasteiger partial charge on any atom is -0.411 e. The minimum atomic E-state index is 0. The van der Waals surface area contributed by atoms with Crippen LogP contribution < -0.4 is 0 Å². The minimum absolute atomic E-state index is 0. The van der Waals surface area contributed by atoms with E-state index in [1.54, 1.807) is 0 Å². The molecule has 0 aliphatic heterocycles. The molecular weight excluding hydrogens is 418 g/mol.